The fourth-order valence-corrected chi connectivity index (χ4v) is 4.66. The van der Waals surface area contributed by atoms with E-state index < -0.39 is 29.5 Å². The van der Waals surface area contributed by atoms with Crippen molar-refractivity contribution in [1.82, 2.24) is 4.90 Å². The summed E-state index contributed by atoms with van der Waals surface area (Å²) in [6.07, 6.45) is 4.17. The Kier molecular flexibility index (Phi) is 5.14. The van der Waals surface area contributed by atoms with Gasteiger partial charge in [0, 0.05) is 18.4 Å². The van der Waals surface area contributed by atoms with Gasteiger partial charge in [-0.1, -0.05) is 0 Å². The number of carbonyl (C=O) groups is 1. The summed E-state index contributed by atoms with van der Waals surface area (Å²) in [5.74, 6) is 0. The van der Waals surface area contributed by atoms with Gasteiger partial charge in [0.1, 0.15) is 5.60 Å². The van der Waals surface area contributed by atoms with Crippen molar-refractivity contribution in [3.05, 3.63) is 0 Å². The largest absolute Gasteiger partial charge is 0.460 e. The predicted octanol–water partition coefficient (Wildman–Crippen LogP) is 3.76. The topological polar surface area (TPSA) is 68.2 Å². The second-order valence-electron chi connectivity index (χ2n) is 10.6. The number of carbonyl (C=O) groups excluding carboxylic acids is 1. The van der Waals surface area contributed by atoms with E-state index in [4.69, 9.17) is 14.0 Å². The Balaban J connectivity index is 1.70. The number of ether oxygens (including phenoxy) is 1. The molecular weight excluding hydrogens is 345 g/mol. The molecule has 3 saturated heterocycles. The highest BCUT2D eigenvalue weighted by atomic mass is 16.7. The maximum atomic E-state index is 12.7. The first-order valence-corrected chi connectivity index (χ1v) is 10.3. The van der Waals surface area contributed by atoms with E-state index >= 15 is 0 Å². The molecule has 3 heterocycles. The molecule has 3 rings (SSSR count). The van der Waals surface area contributed by atoms with Gasteiger partial charge in [-0.25, -0.2) is 4.79 Å². The highest BCUT2D eigenvalue weighted by molar-refractivity contribution is 6.45. The zero-order valence-electron chi connectivity index (χ0n) is 18.0. The van der Waals surface area contributed by atoms with Crippen LogP contribution in [0, 0.1) is 0 Å². The molecule has 0 aromatic heterocycles. The van der Waals surface area contributed by atoms with Crippen LogP contribution in [0.25, 0.3) is 0 Å². The van der Waals surface area contributed by atoms with E-state index in [1.165, 1.54) is 0 Å². The molecule has 0 aliphatic carbocycles. The van der Waals surface area contributed by atoms with Gasteiger partial charge in [0.15, 0.2) is 0 Å². The van der Waals surface area contributed by atoms with E-state index in [1.807, 2.05) is 53.4 Å². The minimum absolute atomic E-state index is 0.0137. The average Bonchev–Trinajstić information content (AvgIpc) is 2.62. The molecule has 0 saturated carbocycles. The fraction of sp³-hybridized carbons (Fsp3) is 0.950. The van der Waals surface area contributed by atoms with Crippen molar-refractivity contribution in [2.24, 2.45) is 0 Å². The monoisotopic (exact) mass is 381 g/mol. The molecular formula is C20H36BNO5. The van der Waals surface area contributed by atoms with Crippen LogP contribution in [0.4, 0.5) is 4.79 Å². The van der Waals surface area contributed by atoms with Gasteiger partial charge in [-0.2, -0.15) is 0 Å². The Morgan fingerprint density at radius 3 is 2.04 bits per heavy atom. The third-order valence-electron chi connectivity index (χ3n) is 6.55. The zero-order chi connectivity index (χ0) is 20.3. The minimum atomic E-state index is -0.880. The van der Waals surface area contributed by atoms with Crippen LogP contribution in [0.3, 0.4) is 0 Å². The Labute approximate surface area is 164 Å². The van der Waals surface area contributed by atoms with E-state index in [1.54, 1.807) is 0 Å². The molecule has 2 atom stereocenters. The zero-order valence-corrected chi connectivity index (χ0v) is 18.0. The Morgan fingerprint density at radius 2 is 1.59 bits per heavy atom. The molecule has 0 aromatic rings. The lowest BCUT2D eigenvalue weighted by Crippen LogP contribution is -2.61. The van der Waals surface area contributed by atoms with Crippen molar-refractivity contribution < 1.29 is 23.9 Å². The van der Waals surface area contributed by atoms with Crippen LogP contribution in [0.2, 0.25) is 6.32 Å². The van der Waals surface area contributed by atoms with Crippen molar-refractivity contribution in [1.29, 1.82) is 0 Å². The molecule has 2 bridgehead atoms. The number of aliphatic hydroxyl groups is 1. The fourth-order valence-electron chi connectivity index (χ4n) is 4.66. The molecule has 154 valence electrons. The van der Waals surface area contributed by atoms with E-state index in [9.17, 15) is 9.90 Å². The first-order chi connectivity index (χ1) is 12.2. The number of hydrogen-bond donors (Lipinski definition) is 1. The summed E-state index contributed by atoms with van der Waals surface area (Å²) in [6.45, 7) is 13.8. The summed E-state index contributed by atoms with van der Waals surface area (Å²) in [7, 11) is -0.422. The van der Waals surface area contributed by atoms with Gasteiger partial charge in [-0.15, -0.1) is 0 Å². The van der Waals surface area contributed by atoms with Crippen molar-refractivity contribution in [3.8, 4) is 0 Å². The maximum absolute atomic E-state index is 12.7. The van der Waals surface area contributed by atoms with Gasteiger partial charge < -0.3 is 24.1 Å². The quantitative estimate of drug-likeness (QED) is 0.738. The molecule has 3 aliphatic rings. The summed E-state index contributed by atoms with van der Waals surface area (Å²) >= 11 is 0. The third-order valence-corrected chi connectivity index (χ3v) is 6.55. The minimum Gasteiger partial charge on any atom is -0.444 e. The van der Waals surface area contributed by atoms with Gasteiger partial charge in [-0.3, -0.25) is 0 Å². The van der Waals surface area contributed by atoms with Gasteiger partial charge >= 0.3 is 13.2 Å². The second-order valence-corrected chi connectivity index (χ2v) is 10.6. The van der Waals surface area contributed by atoms with Gasteiger partial charge in [-0.05, 0) is 80.6 Å². The molecule has 0 radical (unpaired) electrons. The third kappa shape index (κ3) is 4.30. The second kappa shape index (κ2) is 6.63. The predicted molar refractivity (Wildman–Crippen MR) is 105 cm³/mol. The summed E-state index contributed by atoms with van der Waals surface area (Å²) in [5.41, 5.74) is -2.19. The Bertz CT molecular complexity index is 555. The van der Waals surface area contributed by atoms with Crippen molar-refractivity contribution >= 4 is 13.2 Å². The number of piperidine rings is 2. The standard InChI is InChI=1S/C20H36BNO5/c1-17(2,3)25-16(23)22-14-9-8-10-15(22)12-20(24,11-14)13-21-26-18(4,5)19(6,7)27-21/h14-15,24H,8-13H2,1-7H3. The number of amides is 1. The van der Waals surface area contributed by atoms with E-state index in [0.717, 1.165) is 19.3 Å². The van der Waals surface area contributed by atoms with Crippen molar-refractivity contribution in [2.45, 2.75) is 121 Å². The molecule has 6 nitrogen and oxygen atoms in total. The van der Waals surface area contributed by atoms with Crippen LogP contribution >= 0.6 is 0 Å². The molecule has 27 heavy (non-hydrogen) atoms. The lowest BCUT2D eigenvalue weighted by molar-refractivity contribution is -0.0856. The lowest BCUT2D eigenvalue weighted by atomic mass is 9.65. The molecule has 2 unspecified atom stereocenters. The molecule has 7 heteroatoms. The van der Waals surface area contributed by atoms with Crippen LogP contribution in [0.1, 0.15) is 80.6 Å². The summed E-state index contributed by atoms with van der Waals surface area (Å²) in [5, 5.41) is 11.4. The van der Waals surface area contributed by atoms with Gasteiger partial charge in [0.2, 0.25) is 0 Å². The first kappa shape index (κ1) is 20.9. The highest BCUT2D eigenvalue weighted by Crippen LogP contribution is 2.45. The molecule has 0 spiro atoms. The molecule has 3 aliphatic heterocycles. The van der Waals surface area contributed by atoms with Gasteiger partial charge in [0.25, 0.3) is 0 Å². The van der Waals surface area contributed by atoms with Crippen LogP contribution in [0.5, 0.6) is 0 Å². The average molecular weight is 381 g/mol. The van der Waals surface area contributed by atoms with E-state index in [2.05, 4.69) is 0 Å². The molecule has 1 amide bonds. The lowest BCUT2D eigenvalue weighted by Gasteiger charge is -2.51. The first-order valence-electron chi connectivity index (χ1n) is 10.3. The number of fused-ring (bicyclic) bond motifs is 2. The van der Waals surface area contributed by atoms with Crippen LogP contribution in [-0.4, -0.2) is 57.7 Å². The molecule has 3 fully saturated rings. The maximum Gasteiger partial charge on any atom is 0.460 e. The van der Waals surface area contributed by atoms with Crippen LogP contribution in [0.15, 0.2) is 0 Å². The Hall–Kier alpha value is -0.785. The normalized spacial score (nSPS) is 35.3. The summed E-state index contributed by atoms with van der Waals surface area (Å²) in [4.78, 5) is 14.6. The number of nitrogens with zero attached hydrogens (tertiary/aromatic N) is 1. The van der Waals surface area contributed by atoms with Gasteiger partial charge in [0.05, 0.1) is 16.8 Å². The molecule has 0 aromatic carbocycles. The van der Waals surface area contributed by atoms with E-state index in [0.29, 0.717) is 19.2 Å². The molecule has 1 N–H and O–H groups in total. The van der Waals surface area contributed by atoms with Crippen LogP contribution < -0.4 is 0 Å². The number of hydrogen-bond acceptors (Lipinski definition) is 5. The summed E-state index contributed by atoms with van der Waals surface area (Å²) in [6, 6.07) is 0.0274. The van der Waals surface area contributed by atoms with E-state index in [-0.39, 0.29) is 18.2 Å². The van der Waals surface area contributed by atoms with Crippen LogP contribution in [-0.2, 0) is 14.0 Å². The van der Waals surface area contributed by atoms with Crippen molar-refractivity contribution in [3.63, 3.8) is 0 Å². The highest BCUT2D eigenvalue weighted by Gasteiger charge is 2.56. The number of rotatable bonds is 2. The summed E-state index contributed by atoms with van der Waals surface area (Å²) < 4.78 is 17.8. The SMILES string of the molecule is CC(C)(C)OC(=O)N1C2CCCC1CC(O)(CB1OC(C)(C)C(C)(C)O1)C2. The van der Waals surface area contributed by atoms with Crippen molar-refractivity contribution in [2.75, 3.05) is 0 Å². The Morgan fingerprint density at radius 1 is 1.11 bits per heavy atom. The smallest absolute Gasteiger partial charge is 0.444 e.